The zero-order valence-electron chi connectivity index (χ0n) is 10.2. The molecule has 0 unspecified atom stereocenters. The van der Waals surface area contributed by atoms with Crippen LogP contribution >= 0.6 is 15.9 Å². The van der Waals surface area contributed by atoms with Gasteiger partial charge in [-0.2, -0.15) is 0 Å². The Morgan fingerprint density at radius 2 is 2.12 bits per heavy atom. The highest BCUT2D eigenvalue weighted by Crippen LogP contribution is 2.43. The van der Waals surface area contributed by atoms with E-state index in [1.807, 2.05) is 6.07 Å². The van der Waals surface area contributed by atoms with Crippen LogP contribution in [0, 0.1) is 11.2 Å². The van der Waals surface area contributed by atoms with Gasteiger partial charge in [-0.05, 0) is 55.0 Å². The lowest BCUT2D eigenvalue weighted by molar-refractivity contribution is 0.131. The largest absolute Gasteiger partial charge is 0.316 e. The third kappa shape index (κ3) is 3.29. The van der Waals surface area contributed by atoms with Crippen LogP contribution in [-0.2, 0) is 6.42 Å². The predicted molar refractivity (Wildman–Crippen MR) is 72.6 cm³/mol. The first-order valence-corrected chi connectivity index (χ1v) is 7.08. The normalized spacial score (nSPS) is 17.8. The molecule has 0 aromatic heterocycles. The molecule has 1 fully saturated rings. The first-order valence-electron chi connectivity index (χ1n) is 6.29. The van der Waals surface area contributed by atoms with Gasteiger partial charge in [-0.3, -0.25) is 0 Å². The molecule has 1 saturated carbocycles. The van der Waals surface area contributed by atoms with E-state index in [0.717, 1.165) is 29.5 Å². The molecule has 1 N–H and O–H groups in total. The molecule has 1 aliphatic carbocycles. The van der Waals surface area contributed by atoms with Crippen molar-refractivity contribution in [3.05, 3.63) is 34.1 Å². The summed E-state index contributed by atoms with van der Waals surface area (Å²) in [6, 6.07) is 5.22. The van der Waals surface area contributed by atoms with Gasteiger partial charge in [0.05, 0.1) is 0 Å². The molecule has 0 spiro atoms. The fourth-order valence-electron chi connectivity index (χ4n) is 2.63. The van der Waals surface area contributed by atoms with E-state index in [1.165, 1.54) is 25.3 Å². The van der Waals surface area contributed by atoms with Gasteiger partial charge in [0, 0.05) is 11.0 Å². The minimum absolute atomic E-state index is 0.146. The van der Waals surface area contributed by atoms with Crippen LogP contribution in [0.25, 0.3) is 0 Å². The molecule has 0 amide bonds. The zero-order valence-corrected chi connectivity index (χ0v) is 11.8. The van der Waals surface area contributed by atoms with E-state index in [4.69, 9.17) is 0 Å². The van der Waals surface area contributed by atoms with Crippen molar-refractivity contribution in [1.29, 1.82) is 0 Å². The molecular weight excluding hydrogens is 281 g/mol. The zero-order chi connectivity index (χ0) is 12.3. The second-order valence-corrected chi connectivity index (χ2v) is 6.00. The van der Waals surface area contributed by atoms with Crippen molar-refractivity contribution in [2.75, 3.05) is 13.1 Å². The van der Waals surface area contributed by atoms with Crippen molar-refractivity contribution in [1.82, 2.24) is 5.32 Å². The van der Waals surface area contributed by atoms with Gasteiger partial charge in [0.2, 0.25) is 0 Å². The lowest BCUT2D eigenvalue weighted by atomic mass is 9.65. The quantitative estimate of drug-likeness (QED) is 0.869. The molecule has 2 rings (SSSR count). The van der Waals surface area contributed by atoms with Crippen LogP contribution in [0.4, 0.5) is 4.39 Å². The Kier molecular flexibility index (Phi) is 4.21. The maximum absolute atomic E-state index is 13.3. The SMILES string of the molecule is CCNCC1(Cc2cc(F)cc(Br)c2)CCC1. The molecule has 1 aromatic rings. The third-order valence-electron chi connectivity index (χ3n) is 3.67. The van der Waals surface area contributed by atoms with Gasteiger partial charge < -0.3 is 5.32 Å². The lowest BCUT2D eigenvalue weighted by Crippen LogP contribution is -2.41. The van der Waals surface area contributed by atoms with Crippen molar-refractivity contribution >= 4 is 15.9 Å². The molecule has 0 saturated heterocycles. The van der Waals surface area contributed by atoms with E-state index in [0.29, 0.717) is 5.41 Å². The smallest absolute Gasteiger partial charge is 0.124 e. The minimum atomic E-state index is -0.146. The van der Waals surface area contributed by atoms with Gasteiger partial charge >= 0.3 is 0 Å². The molecule has 3 heteroatoms. The summed E-state index contributed by atoms with van der Waals surface area (Å²) in [5, 5.41) is 3.44. The number of hydrogen-bond acceptors (Lipinski definition) is 1. The molecule has 1 nitrogen and oxygen atoms in total. The van der Waals surface area contributed by atoms with E-state index in [2.05, 4.69) is 28.2 Å². The molecule has 1 aliphatic rings. The second kappa shape index (κ2) is 5.49. The standard InChI is InChI=1S/C14H19BrFN/c1-2-17-10-14(4-3-5-14)9-11-6-12(15)8-13(16)7-11/h6-8,17H,2-5,9-10H2,1H3. The van der Waals surface area contributed by atoms with Crippen LogP contribution in [0.15, 0.2) is 22.7 Å². The topological polar surface area (TPSA) is 12.0 Å². The van der Waals surface area contributed by atoms with Crippen LogP contribution in [-0.4, -0.2) is 13.1 Å². The molecule has 0 bridgehead atoms. The monoisotopic (exact) mass is 299 g/mol. The van der Waals surface area contributed by atoms with Gasteiger partial charge in [-0.15, -0.1) is 0 Å². The Labute approximate surface area is 111 Å². The highest BCUT2D eigenvalue weighted by Gasteiger charge is 2.36. The summed E-state index contributed by atoms with van der Waals surface area (Å²) < 4.78 is 14.2. The average molecular weight is 300 g/mol. The molecule has 94 valence electrons. The third-order valence-corrected chi connectivity index (χ3v) is 4.12. The van der Waals surface area contributed by atoms with Crippen molar-refractivity contribution in [2.24, 2.45) is 5.41 Å². The number of benzene rings is 1. The first kappa shape index (κ1) is 13.0. The maximum Gasteiger partial charge on any atom is 0.124 e. The summed E-state index contributed by atoms with van der Waals surface area (Å²) >= 11 is 3.36. The fourth-order valence-corrected chi connectivity index (χ4v) is 3.14. The fraction of sp³-hybridized carbons (Fsp3) is 0.571. The van der Waals surface area contributed by atoms with Gasteiger partial charge in [0.15, 0.2) is 0 Å². The minimum Gasteiger partial charge on any atom is -0.316 e. The van der Waals surface area contributed by atoms with Crippen molar-refractivity contribution in [3.63, 3.8) is 0 Å². The summed E-state index contributed by atoms with van der Waals surface area (Å²) in [7, 11) is 0. The Morgan fingerprint density at radius 1 is 1.35 bits per heavy atom. The summed E-state index contributed by atoms with van der Waals surface area (Å²) in [6.45, 7) is 4.19. The van der Waals surface area contributed by atoms with Crippen molar-refractivity contribution in [3.8, 4) is 0 Å². The highest BCUT2D eigenvalue weighted by atomic mass is 79.9. The Bertz CT molecular complexity index is 368. The van der Waals surface area contributed by atoms with E-state index in [1.54, 1.807) is 6.07 Å². The molecular formula is C14H19BrFN. The van der Waals surface area contributed by atoms with Crippen LogP contribution in [0.2, 0.25) is 0 Å². The molecule has 0 radical (unpaired) electrons. The second-order valence-electron chi connectivity index (χ2n) is 5.09. The van der Waals surface area contributed by atoms with Crippen LogP contribution in [0.5, 0.6) is 0 Å². The summed E-state index contributed by atoms with van der Waals surface area (Å²) in [5.41, 5.74) is 1.47. The first-order chi connectivity index (χ1) is 8.13. The Hall–Kier alpha value is -0.410. The van der Waals surface area contributed by atoms with E-state index >= 15 is 0 Å². The van der Waals surface area contributed by atoms with Crippen LogP contribution in [0.1, 0.15) is 31.7 Å². The number of hydrogen-bond donors (Lipinski definition) is 1. The van der Waals surface area contributed by atoms with Gasteiger partial charge in [-0.1, -0.05) is 29.3 Å². The summed E-state index contributed by atoms with van der Waals surface area (Å²) in [5.74, 6) is -0.146. The predicted octanol–water partition coefficient (Wildman–Crippen LogP) is 3.91. The number of halogens is 2. The molecule has 0 heterocycles. The van der Waals surface area contributed by atoms with Gasteiger partial charge in [0.25, 0.3) is 0 Å². The van der Waals surface area contributed by atoms with E-state index < -0.39 is 0 Å². The van der Waals surface area contributed by atoms with Crippen molar-refractivity contribution < 1.29 is 4.39 Å². The molecule has 0 atom stereocenters. The average Bonchev–Trinajstić information content (AvgIpc) is 2.20. The molecule has 1 aromatic carbocycles. The van der Waals surface area contributed by atoms with E-state index in [9.17, 15) is 4.39 Å². The lowest BCUT2D eigenvalue weighted by Gasteiger charge is -2.42. The Balaban J connectivity index is 2.07. The van der Waals surface area contributed by atoms with E-state index in [-0.39, 0.29) is 5.82 Å². The molecule has 17 heavy (non-hydrogen) atoms. The number of nitrogens with one attached hydrogen (secondary N) is 1. The van der Waals surface area contributed by atoms with Gasteiger partial charge in [-0.25, -0.2) is 4.39 Å². The van der Waals surface area contributed by atoms with Crippen molar-refractivity contribution in [2.45, 2.75) is 32.6 Å². The number of rotatable bonds is 5. The Morgan fingerprint density at radius 3 is 2.65 bits per heavy atom. The highest BCUT2D eigenvalue weighted by molar-refractivity contribution is 9.10. The summed E-state index contributed by atoms with van der Waals surface area (Å²) in [6.07, 6.45) is 4.81. The van der Waals surface area contributed by atoms with Crippen LogP contribution in [0.3, 0.4) is 0 Å². The molecule has 0 aliphatic heterocycles. The van der Waals surface area contributed by atoms with Gasteiger partial charge in [0.1, 0.15) is 5.82 Å². The maximum atomic E-state index is 13.3. The summed E-state index contributed by atoms with van der Waals surface area (Å²) in [4.78, 5) is 0. The van der Waals surface area contributed by atoms with Crippen LogP contribution < -0.4 is 5.32 Å².